The Morgan fingerprint density at radius 1 is 1.32 bits per heavy atom. The zero-order valence-electron chi connectivity index (χ0n) is 14.3. The SMILES string of the molecule is CC(C)(C)[Si](C)(C)OCc1nc(N2CCOCC2)sc1CO. The maximum Gasteiger partial charge on any atom is 0.192 e. The minimum atomic E-state index is -1.80. The van der Waals surface area contributed by atoms with Crippen molar-refractivity contribution in [1.82, 2.24) is 4.98 Å². The van der Waals surface area contributed by atoms with Crippen molar-refractivity contribution in [1.29, 1.82) is 0 Å². The fraction of sp³-hybridized carbons (Fsp3) is 0.800. The van der Waals surface area contributed by atoms with Crippen LogP contribution in [0.2, 0.25) is 18.1 Å². The van der Waals surface area contributed by atoms with Gasteiger partial charge in [0.2, 0.25) is 0 Å². The summed E-state index contributed by atoms with van der Waals surface area (Å²) in [5.41, 5.74) is 0.888. The first-order valence-electron chi connectivity index (χ1n) is 7.81. The molecule has 0 bridgehead atoms. The number of rotatable bonds is 5. The van der Waals surface area contributed by atoms with Gasteiger partial charge in [-0.3, -0.25) is 0 Å². The Bertz CT molecular complexity index is 493. The lowest BCUT2D eigenvalue weighted by molar-refractivity contribution is 0.122. The first kappa shape index (κ1) is 17.9. The Labute approximate surface area is 138 Å². The summed E-state index contributed by atoms with van der Waals surface area (Å²) in [5, 5.41) is 10.8. The molecule has 5 nitrogen and oxygen atoms in total. The number of nitrogens with zero attached hydrogens (tertiary/aromatic N) is 2. The predicted octanol–water partition coefficient (Wildman–Crippen LogP) is 2.99. The van der Waals surface area contributed by atoms with E-state index in [1.165, 1.54) is 0 Å². The summed E-state index contributed by atoms with van der Waals surface area (Å²) in [7, 11) is -1.80. The molecule has 2 rings (SSSR count). The molecule has 1 aromatic heterocycles. The van der Waals surface area contributed by atoms with Crippen LogP contribution in [0, 0.1) is 0 Å². The van der Waals surface area contributed by atoms with Gasteiger partial charge in [-0.05, 0) is 18.1 Å². The van der Waals surface area contributed by atoms with Crippen LogP contribution in [0.4, 0.5) is 5.13 Å². The van der Waals surface area contributed by atoms with Gasteiger partial charge in [0.05, 0.1) is 37.0 Å². The molecule has 1 N–H and O–H groups in total. The average molecular weight is 345 g/mol. The normalized spacial score (nSPS) is 17.1. The zero-order valence-corrected chi connectivity index (χ0v) is 16.1. The highest BCUT2D eigenvalue weighted by molar-refractivity contribution is 7.15. The third-order valence-electron chi connectivity index (χ3n) is 4.57. The molecule has 1 aliphatic heterocycles. The molecule has 22 heavy (non-hydrogen) atoms. The lowest BCUT2D eigenvalue weighted by Crippen LogP contribution is -2.40. The molecule has 0 atom stereocenters. The molecule has 1 aromatic rings. The Kier molecular flexibility index (Phi) is 5.66. The average Bonchev–Trinajstić information content (AvgIpc) is 2.88. The first-order chi connectivity index (χ1) is 10.2. The van der Waals surface area contributed by atoms with E-state index in [4.69, 9.17) is 14.1 Å². The minimum absolute atomic E-state index is 0.0260. The molecule has 7 heteroatoms. The van der Waals surface area contributed by atoms with Crippen LogP contribution in [-0.2, 0) is 22.4 Å². The molecule has 1 fully saturated rings. The molecule has 0 aromatic carbocycles. The smallest absolute Gasteiger partial charge is 0.192 e. The van der Waals surface area contributed by atoms with Crippen molar-refractivity contribution >= 4 is 24.8 Å². The fourth-order valence-electron chi connectivity index (χ4n) is 1.96. The van der Waals surface area contributed by atoms with Crippen molar-refractivity contribution in [3.63, 3.8) is 0 Å². The number of hydrogen-bond donors (Lipinski definition) is 1. The summed E-state index contributed by atoms with van der Waals surface area (Å²) >= 11 is 1.57. The summed E-state index contributed by atoms with van der Waals surface area (Å²) in [6.07, 6.45) is 0. The number of thiazole rings is 1. The van der Waals surface area contributed by atoms with Gasteiger partial charge in [0.1, 0.15) is 0 Å². The van der Waals surface area contributed by atoms with Crippen LogP contribution in [0.15, 0.2) is 0 Å². The van der Waals surface area contributed by atoms with Gasteiger partial charge in [0.15, 0.2) is 13.4 Å². The molecule has 0 radical (unpaired) electrons. The quantitative estimate of drug-likeness (QED) is 0.832. The fourth-order valence-corrected chi connectivity index (χ4v) is 3.87. The van der Waals surface area contributed by atoms with Gasteiger partial charge >= 0.3 is 0 Å². The number of aromatic nitrogens is 1. The highest BCUT2D eigenvalue weighted by Gasteiger charge is 2.37. The van der Waals surface area contributed by atoms with Crippen molar-refractivity contribution in [3.8, 4) is 0 Å². The minimum Gasteiger partial charge on any atom is -0.411 e. The van der Waals surface area contributed by atoms with E-state index in [0.717, 1.165) is 42.0 Å². The van der Waals surface area contributed by atoms with Gasteiger partial charge in [-0.15, -0.1) is 0 Å². The van der Waals surface area contributed by atoms with Crippen LogP contribution in [0.1, 0.15) is 31.3 Å². The zero-order chi connectivity index (χ0) is 16.4. The van der Waals surface area contributed by atoms with Crippen molar-refractivity contribution in [3.05, 3.63) is 10.6 Å². The molecular weight excluding hydrogens is 316 g/mol. The Hall–Kier alpha value is -0.473. The molecule has 0 spiro atoms. The van der Waals surface area contributed by atoms with Crippen molar-refractivity contribution in [2.75, 3.05) is 31.2 Å². The molecule has 2 heterocycles. The second kappa shape index (κ2) is 6.96. The highest BCUT2D eigenvalue weighted by Crippen LogP contribution is 2.37. The van der Waals surface area contributed by atoms with Crippen LogP contribution in [-0.4, -0.2) is 44.7 Å². The summed E-state index contributed by atoms with van der Waals surface area (Å²) in [6, 6.07) is 0. The van der Waals surface area contributed by atoms with Gasteiger partial charge in [0, 0.05) is 13.1 Å². The molecule has 0 aliphatic carbocycles. The summed E-state index contributed by atoms with van der Waals surface area (Å²) < 4.78 is 11.6. The standard InChI is InChI=1S/C15H28N2O3SSi/c1-15(2,3)22(4,5)20-11-12-13(10-18)21-14(16-12)17-6-8-19-9-7-17/h18H,6-11H2,1-5H3. The van der Waals surface area contributed by atoms with Crippen LogP contribution >= 0.6 is 11.3 Å². The van der Waals surface area contributed by atoms with Gasteiger partial charge in [-0.1, -0.05) is 32.1 Å². The molecule has 1 aliphatic rings. The molecule has 0 saturated carbocycles. The van der Waals surface area contributed by atoms with E-state index in [9.17, 15) is 5.11 Å². The molecular formula is C15H28N2O3SSi. The van der Waals surface area contributed by atoms with Gasteiger partial charge < -0.3 is 19.2 Å². The number of aliphatic hydroxyl groups excluding tert-OH is 1. The number of anilines is 1. The maximum atomic E-state index is 9.60. The first-order valence-corrected chi connectivity index (χ1v) is 11.5. The molecule has 126 valence electrons. The molecule has 0 amide bonds. The molecule has 0 unspecified atom stereocenters. The van der Waals surface area contributed by atoms with Crippen LogP contribution in [0.3, 0.4) is 0 Å². The van der Waals surface area contributed by atoms with Crippen LogP contribution in [0.25, 0.3) is 0 Å². The summed E-state index contributed by atoms with van der Waals surface area (Å²) in [4.78, 5) is 7.86. The van der Waals surface area contributed by atoms with E-state index in [1.807, 2.05) is 0 Å². The van der Waals surface area contributed by atoms with E-state index in [-0.39, 0.29) is 11.6 Å². The van der Waals surface area contributed by atoms with Crippen LogP contribution < -0.4 is 4.90 Å². The number of hydrogen-bond acceptors (Lipinski definition) is 6. The number of ether oxygens (including phenoxy) is 1. The highest BCUT2D eigenvalue weighted by atomic mass is 32.1. The van der Waals surface area contributed by atoms with Gasteiger partial charge in [-0.2, -0.15) is 0 Å². The van der Waals surface area contributed by atoms with Crippen molar-refractivity contribution in [2.24, 2.45) is 0 Å². The third-order valence-corrected chi connectivity index (χ3v) is 10.2. The lowest BCUT2D eigenvalue weighted by atomic mass is 10.2. The van der Waals surface area contributed by atoms with Crippen LogP contribution in [0.5, 0.6) is 0 Å². The van der Waals surface area contributed by atoms with Crippen molar-refractivity contribution < 1.29 is 14.3 Å². The Balaban J connectivity index is 2.08. The van der Waals surface area contributed by atoms with E-state index in [2.05, 4.69) is 38.8 Å². The predicted molar refractivity (Wildman–Crippen MR) is 93.1 cm³/mol. The monoisotopic (exact) mass is 344 g/mol. The number of morpholine rings is 1. The lowest BCUT2D eigenvalue weighted by Gasteiger charge is -2.36. The number of aliphatic hydroxyl groups is 1. The summed E-state index contributed by atoms with van der Waals surface area (Å²) in [5.74, 6) is 0. The second-order valence-electron chi connectivity index (χ2n) is 7.17. The van der Waals surface area contributed by atoms with E-state index in [1.54, 1.807) is 11.3 Å². The Morgan fingerprint density at radius 3 is 2.50 bits per heavy atom. The molecule has 1 saturated heterocycles. The van der Waals surface area contributed by atoms with E-state index in [0.29, 0.717) is 6.61 Å². The van der Waals surface area contributed by atoms with Gasteiger partial charge in [-0.25, -0.2) is 4.98 Å². The largest absolute Gasteiger partial charge is 0.411 e. The topological polar surface area (TPSA) is 54.8 Å². The maximum absolute atomic E-state index is 9.60. The second-order valence-corrected chi connectivity index (χ2v) is 13.0. The van der Waals surface area contributed by atoms with E-state index >= 15 is 0 Å². The van der Waals surface area contributed by atoms with Crippen molar-refractivity contribution in [2.45, 2.75) is 52.1 Å². The van der Waals surface area contributed by atoms with E-state index < -0.39 is 8.32 Å². The Morgan fingerprint density at radius 2 is 1.95 bits per heavy atom. The van der Waals surface area contributed by atoms with Gasteiger partial charge in [0.25, 0.3) is 0 Å². The summed E-state index contributed by atoms with van der Waals surface area (Å²) in [6.45, 7) is 14.9. The third kappa shape index (κ3) is 4.08.